The van der Waals surface area contributed by atoms with Crippen LogP contribution in [-0.4, -0.2) is 20.7 Å². The summed E-state index contributed by atoms with van der Waals surface area (Å²) in [5.41, 5.74) is 3.98. The number of rotatable bonds is 8. The second-order valence-corrected chi connectivity index (χ2v) is 9.51. The Hall–Kier alpha value is -2.90. The van der Waals surface area contributed by atoms with Crippen molar-refractivity contribution in [2.24, 2.45) is 0 Å². The van der Waals surface area contributed by atoms with Crippen molar-refractivity contribution in [2.45, 2.75) is 37.2 Å². The van der Waals surface area contributed by atoms with Crippen molar-refractivity contribution in [3.63, 3.8) is 0 Å². The van der Waals surface area contributed by atoms with Crippen molar-refractivity contribution >= 4 is 34.7 Å². The predicted molar refractivity (Wildman–Crippen MR) is 128 cm³/mol. The molecule has 2 aromatic carbocycles. The van der Waals surface area contributed by atoms with Gasteiger partial charge in [0.25, 0.3) is 0 Å². The van der Waals surface area contributed by atoms with Crippen LogP contribution in [0.15, 0.2) is 77.5 Å². The maximum atomic E-state index is 13.3. The second-order valence-electron chi connectivity index (χ2n) is 7.41. The molecule has 1 amide bonds. The quantitative estimate of drug-likeness (QED) is 0.353. The van der Waals surface area contributed by atoms with Gasteiger partial charge in [0, 0.05) is 17.1 Å². The Bertz CT molecular complexity index is 1120. The van der Waals surface area contributed by atoms with Crippen LogP contribution in [0.3, 0.4) is 0 Å². The van der Waals surface area contributed by atoms with Crippen LogP contribution in [0.5, 0.6) is 0 Å². The van der Waals surface area contributed by atoms with Crippen molar-refractivity contribution in [2.75, 3.05) is 5.32 Å². The Morgan fingerprint density at radius 3 is 2.58 bits per heavy atom. The minimum Gasteiger partial charge on any atom is -0.325 e. The smallest absolute Gasteiger partial charge is 0.242 e. The molecule has 4 rings (SSSR count). The number of hydrogen-bond acceptors (Lipinski definition) is 5. The molecule has 0 aliphatic rings. The topological polar surface area (TPSA) is 59.8 Å². The highest BCUT2D eigenvalue weighted by molar-refractivity contribution is 8.00. The van der Waals surface area contributed by atoms with Crippen LogP contribution in [0.25, 0.3) is 0 Å². The van der Waals surface area contributed by atoms with Crippen LogP contribution in [0.1, 0.15) is 26.8 Å². The highest BCUT2D eigenvalue weighted by atomic mass is 32.2. The van der Waals surface area contributed by atoms with E-state index in [4.69, 9.17) is 0 Å². The number of aromatic nitrogens is 3. The number of aryl methyl sites for hydroxylation is 4. The lowest BCUT2D eigenvalue weighted by molar-refractivity contribution is -0.115. The molecule has 0 aliphatic carbocycles. The molecule has 0 saturated carbocycles. The van der Waals surface area contributed by atoms with E-state index in [2.05, 4.69) is 39.1 Å². The highest BCUT2D eigenvalue weighted by Crippen LogP contribution is 2.35. The zero-order chi connectivity index (χ0) is 21.6. The lowest BCUT2D eigenvalue weighted by Crippen LogP contribution is -2.19. The van der Waals surface area contributed by atoms with Crippen molar-refractivity contribution < 1.29 is 4.79 Å². The summed E-state index contributed by atoms with van der Waals surface area (Å²) in [6.45, 7) is 4.83. The van der Waals surface area contributed by atoms with Crippen LogP contribution >= 0.6 is 23.1 Å². The molecule has 2 aromatic heterocycles. The number of anilines is 1. The lowest BCUT2D eigenvalue weighted by Gasteiger charge is -2.17. The molecule has 0 saturated heterocycles. The summed E-state index contributed by atoms with van der Waals surface area (Å²) in [6.07, 6.45) is 2.65. The summed E-state index contributed by atoms with van der Waals surface area (Å²) in [6, 6.07) is 20.1. The van der Waals surface area contributed by atoms with Gasteiger partial charge in [0.2, 0.25) is 5.91 Å². The van der Waals surface area contributed by atoms with E-state index in [9.17, 15) is 4.79 Å². The fourth-order valence-corrected chi connectivity index (χ4v) is 5.17. The van der Waals surface area contributed by atoms with Gasteiger partial charge in [-0.15, -0.1) is 21.5 Å². The molecule has 0 bridgehead atoms. The summed E-state index contributed by atoms with van der Waals surface area (Å²) in [5, 5.41) is 13.9. The van der Waals surface area contributed by atoms with Gasteiger partial charge in [-0.05, 0) is 60.5 Å². The van der Waals surface area contributed by atoms with Gasteiger partial charge < -0.3 is 9.88 Å². The van der Waals surface area contributed by atoms with E-state index in [1.807, 2.05) is 60.9 Å². The van der Waals surface area contributed by atoms with Gasteiger partial charge in [0.1, 0.15) is 11.6 Å². The molecular weight excluding hydrogens is 424 g/mol. The zero-order valence-corrected chi connectivity index (χ0v) is 19.1. The number of thiophene rings is 1. The van der Waals surface area contributed by atoms with Crippen LogP contribution < -0.4 is 5.32 Å². The van der Waals surface area contributed by atoms with Crippen LogP contribution in [0, 0.1) is 13.8 Å². The molecule has 7 heteroatoms. The average molecular weight is 449 g/mol. The third-order valence-electron chi connectivity index (χ3n) is 4.81. The lowest BCUT2D eigenvalue weighted by atomic mass is 10.1. The van der Waals surface area contributed by atoms with Gasteiger partial charge in [0.05, 0.1) is 0 Å². The summed E-state index contributed by atoms with van der Waals surface area (Å²) < 4.78 is 2.02. The summed E-state index contributed by atoms with van der Waals surface area (Å²) >= 11 is 3.17. The Balaban J connectivity index is 1.55. The predicted octanol–water partition coefficient (Wildman–Crippen LogP) is 5.67. The van der Waals surface area contributed by atoms with Crippen LogP contribution in [-0.2, 0) is 17.8 Å². The third kappa shape index (κ3) is 5.62. The molecule has 0 fully saturated rings. The molecular formula is C24H24N4OS2. The molecule has 4 aromatic rings. The molecule has 31 heavy (non-hydrogen) atoms. The van der Waals surface area contributed by atoms with Crippen LogP contribution in [0.4, 0.5) is 5.69 Å². The van der Waals surface area contributed by atoms with Gasteiger partial charge >= 0.3 is 0 Å². The molecule has 5 nitrogen and oxygen atoms in total. The summed E-state index contributed by atoms with van der Waals surface area (Å²) in [7, 11) is 0. The minimum atomic E-state index is -0.438. The number of nitrogens with zero attached hydrogens (tertiary/aromatic N) is 3. The fourth-order valence-electron chi connectivity index (χ4n) is 3.44. The van der Waals surface area contributed by atoms with E-state index in [0.29, 0.717) is 0 Å². The Kier molecular flexibility index (Phi) is 6.84. The SMILES string of the molecule is Cc1cc(C)cc(NC(=O)C(Sc2nncn2CCc2cccs2)c2ccccc2)c1. The molecule has 0 spiro atoms. The molecule has 1 atom stereocenters. The monoisotopic (exact) mass is 448 g/mol. The standard InChI is InChI=1S/C24H24N4OS2/c1-17-13-18(2)15-20(14-17)26-23(29)22(19-7-4-3-5-8-19)31-24-27-25-16-28(24)11-10-21-9-6-12-30-21/h3-9,12-16,22H,10-11H2,1-2H3,(H,26,29). The number of amides is 1. The summed E-state index contributed by atoms with van der Waals surface area (Å²) in [4.78, 5) is 14.6. The van der Waals surface area contributed by atoms with E-state index in [-0.39, 0.29) is 5.91 Å². The largest absolute Gasteiger partial charge is 0.325 e. The first kappa shape index (κ1) is 21.3. The Labute approximate surface area is 190 Å². The maximum Gasteiger partial charge on any atom is 0.242 e. The number of benzene rings is 2. The number of hydrogen-bond donors (Lipinski definition) is 1. The fraction of sp³-hybridized carbons (Fsp3) is 0.208. The average Bonchev–Trinajstić information content (AvgIpc) is 3.42. The molecule has 1 unspecified atom stereocenters. The third-order valence-corrected chi connectivity index (χ3v) is 7.00. The number of carbonyl (C=O) groups excluding carboxylic acids is 1. The number of carbonyl (C=O) groups is 1. The van der Waals surface area contributed by atoms with Gasteiger partial charge in [0.15, 0.2) is 5.16 Å². The van der Waals surface area contributed by atoms with Crippen molar-refractivity contribution in [1.29, 1.82) is 0 Å². The normalized spacial score (nSPS) is 11.9. The first-order chi connectivity index (χ1) is 15.1. The van der Waals surface area contributed by atoms with Crippen molar-refractivity contribution in [1.82, 2.24) is 14.8 Å². The first-order valence-corrected chi connectivity index (χ1v) is 11.9. The van der Waals surface area contributed by atoms with Gasteiger partial charge in [-0.25, -0.2) is 0 Å². The molecule has 2 heterocycles. The second kappa shape index (κ2) is 9.94. The molecule has 0 radical (unpaired) electrons. The number of thioether (sulfide) groups is 1. The van der Waals surface area contributed by atoms with Crippen molar-refractivity contribution in [3.05, 3.63) is 93.9 Å². The van der Waals surface area contributed by atoms with E-state index in [1.165, 1.54) is 16.6 Å². The summed E-state index contributed by atoms with van der Waals surface area (Å²) in [5.74, 6) is -0.0750. The van der Waals surface area contributed by atoms with E-state index in [1.54, 1.807) is 17.7 Å². The molecule has 0 aliphatic heterocycles. The zero-order valence-electron chi connectivity index (χ0n) is 17.5. The molecule has 1 N–H and O–H groups in total. The van der Waals surface area contributed by atoms with E-state index in [0.717, 1.165) is 40.5 Å². The number of nitrogens with one attached hydrogen (secondary N) is 1. The maximum absolute atomic E-state index is 13.3. The highest BCUT2D eigenvalue weighted by Gasteiger charge is 2.25. The van der Waals surface area contributed by atoms with E-state index >= 15 is 0 Å². The Morgan fingerprint density at radius 2 is 1.87 bits per heavy atom. The van der Waals surface area contributed by atoms with Gasteiger partial charge in [-0.1, -0.05) is 54.2 Å². The van der Waals surface area contributed by atoms with Crippen molar-refractivity contribution in [3.8, 4) is 0 Å². The minimum absolute atomic E-state index is 0.0750. The van der Waals surface area contributed by atoms with Gasteiger partial charge in [-0.2, -0.15) is 0 Å². The van der Waals surface area contributed by atoms with Gasteiger partial charge in [-0.3, -0.25) is 4.79 Å². The van der Waals surface area contributed by atoms with Crippen LogP contribution in [0.2, 0.25) is 0 Å². The van der Waals surface area contributed by atoms with E-state index < -0.39 is 5.25 Å². The Morgan fingerprint density at radius 1 is 1.10 bits per heavy atom. The molecule has 158 valence electrons. The first-order valence-electron chi connectivity index (χ1n) is 10.1.